The first kappa shape index (κ1) is 14.9. The summed E-state index contributed by atoms with van der Waals surface area (Å²) >= 11 is 11.8. The Morgan fingerprint density at radius 3 is 2.76 bits per heavy atom. The SMILES string of the molecule is O=C(c1ccc(Cl)c(Cl)c1O)N1CCCN2CCCC2C1. The Morgan fingerprint density at radius 1 is 1.19 bits per heavy atom. The summed E-state index contributed by atoms with van der Waals surface area (Å²) in [6.07, 6.45) is 3.30. The molecule has 6 heteroatoms. The second-order valence-electron chi connectivity index (χ2n) is 5.69. The van der Waals surface area contributed by atoms with E-state index in [1.807, 2.05) is 4.90 Å². The molecule has 1 atom stereocenters. The lowest BCUT2D eigenvalue weighted by Gasteiger charge is -2.26. The number of benzene rings is 1. The van der Waals surface area contributed by atoms with Crippen molar-refractivity contribution in [1.82, 2.24) is 9.80 Å². The van der Waals surface area contributed by atoms with Gasteiger partial charge in [-0.15, -0.1) is 0 Å². The third kappa shape index (κ3) is 2.85. The van der Waals surface area contributed by atoms with E-state index in [2.05, 4.69) is 4.90 Å². The van der Waals surface area contributed by atoms with Crippen LogP contribution in [0.3, 0.4) is 0 Å². The summed E-state index contributed by atoms with van der Waals surface area (Å²) in [5, 5.41) is 10.4. The zero-order valence-corrected chi connectivity index (χ0v) is 13.2. The zero-order chi connectivity index (χ0) is 15.0. The molecule has 0 radical (unpaired) electrons. The van der Waals surface area contributed by atoms with Crippen molar-refractivity contribution in [1.29, 1.82) is 0 Å². The van der Waals surface area contributed by atoms with Crippen LogP contribution in [0.1, 0.15) is 29.6 Å². The molecule has 1 aromatic rings. The first-order valence-electron chi connectivity index (χ1n) is 7.28. The number of phenols is 1. The van der Waals surface area contributed by atoms with Crippen molar-refractivity contribution in [3.8, 4) is 5.75 Å². The number of carbonyl (C=O) groups is 1. The lowest BCUT2D eigenvalue weighted by molar-refractivity contribution is 0.0740. The van der Waals surface area contributed by atoms with E-state index in [9.17, 15) is 9.90 Å². The van der Waals surface area contributed by atoms with Gasteiger partial charge in [-0.25, -0.2) is 0 Å². The van der Waals surface area contributed by atoms with Gasteiger partial charge in [-0.1, -0.05) is 23.2 Å². The molecule has 2 aliphatic rings. The predicted octanol–water partition coefficient (Wildman–Crippen LogP) is 3.01. The average molecular weight is 329 g/mol. The standard InChI is InChI=1S/C15H18Cl2N2O2/c16-12-5-4-11(14(20)13(12)17)15(21)19-8-2-7-18-6-1-3-10(18)9-19/h4-5,10,20H,1-3,6-9H2. The van der Waals surface area contributed by atoms with Crippen LogP contribution in [-0.4, -0.2) is 53.0 Å². The van der Waals surface area contributed by atoms with Gasteiger partial charge in [-0.2, -0.15) is 0 Å². The van der Waals surface area contributed by atoms with Crippen LogP contribution in [0.25, 0.3) is 0 Å². The number of carbonyl (C=O) groups excluding carboxylic acids is 1. The monoisotopic (exact) mass is 328 g/mol. The molecule has 0 bridgehead atoms. The molecule has 2 aliphatic heterocycles. The molecular weight excluding hydrogens is 311 g/mol. The molecule has 1 unspecified atom stereocenters. The van der Waals surface area contributed by atoms with Crippen LogP contribution in [0.4, 0.5) is 0 Å². The van der Waals surface area contributed by atoms with Gasteiger partial charge in [0.1, 0.15) is 10.8 Å². The van der Waals surface area contributed by atoms with Crippen LogP contribution < -0.4 is 0 Å². The Balaban J connectivity index is 1.83. The summed E-state index contributed by atoms with van der Waals surface area (Å²) in [6.45, 7) is 3.61. The largest absolute Gasteiger partial charge is 0.505 e. The summed E-state index contributed by atoms with van der Waals surface area (Å²) in [6, 6.07) is 3.54. The molecule has 2 saturated heterocycles. The summed E-state index contributed by atoms with van der Waals surface area (Å²) in [4.78, 5) is 17.0. The third-order valence-electron chi connectivity index (χ3n) is 4.39. The molecule has 0 aromatic heterocycles. The van der Waals surface area contributed by atoms with Gasteiger partial charge in [-0.05, 0) is 37.9 Å². The minimum atomic E-state index is -0.221. The van der Waals surface area contributed by atoms with Crippen LogP contribution in [0.5, 0.6) is 5.75 Å². The fraction of sp³-hybridized carbons (Fsp3) is 0.533. The molecule has 21 heavy (non-hydrogen) atoms. The highest BCUT2D eigenvalue weighted by molar-refractivity contribution is 6.43. The first-order chi connectivity index (χ1) is 10.1. The zero-order valence-electron chi connectivity index (χ0n) is 11.7. The van der Waals surface area contributed by atoms with Gasteiger partial charge in [0.25, 0.3) is 5.91 Å². The van der Waals surface area contributed by atoms with Crippen molar-refractivity contribution in [2.24, 2.45) is 0 Å². The maximum Gasteiger partial charge on any atom is 0.257 e. The number of hydrogen-bond acceptors (Lipinski definition) is 3. The first-order valence-corrected chi connectivity index (χ1v) is 8.04. The molecule has 3 rings (SSSR count). The maximum absolute atomic E-state index is 12.7. The summed E-state index contributed by atoms with van der Waals surface area (Å²) in [5.41, 5.74) is 0.232. The molecular formula is C15H18Cl2N2O2. The number of hydrogen-bond donors (Lipinski definition) is 1. The quantitative estimate of drug-likeness (QED) is 0.861. The molecule has 1 aromatic carbocycles. The highest BCUT2D eigenvalue weighted by atomic mass is 35.5. The number of aromatic hydroxyl groups is 1. The number of halogens is 2. The topological polar surface area (TPSA) is 43.8 Å². The van der Waals surface area contributed by atoms with Gasteiger partial charge in [-0.3, -0.25) is 9.69 Å². The van der Waals surface area contributed by atoms with E-state index in [1.165, 1.54) is 6.42 Å². The van der Waals surface area contributed by atoms with Gasteiger partial charge >= 0.3 is 0 Å². The minimum absolute atomic E-state index is 0.0415. The maximum atomic E-state index is 12.7. The average Bonchev–Trinajstić information content (AvgIpc) is 2.81. The molecule has 4 nitrogen and oxygen atoms in total. The smallest absolute Gasteiger partial charge is 0.257 e. The number of phenolic OH excluding ortho intramolecular Hbond substituents is 1. The van der Waals surface area contributed by atoms with E-state index >= 15 is 0 Å². The summed E-state index contributed by atoms with van der Waals surface area (Å²) < 4.78 is 0. The van der Waals surface area contributed by atoms with Crippen LogP contribution >= 0.6 is 23.2 Å². The predicted molar refractivity (Wildman–Crippen MR) is 83.2 cm³/mol. The van der Waals surface area contributed by atoms with E-state index in [4.69, 9.17) is 23.2 Å². The Morgan fingerprint density at radius 2 is 1.95 bits per heavy atom. The summed E-state index contributed by atoms with van der Waals surface area (Å²) in [7, 11) is 0. The van der Waals surface area contributed by atoms with Crippen molar-refractivity contribution in [3.05, 3.63) is 27.7 Å². The van der Waals surface area contributed by atoms with E-state index in [1.54, 1.807) is 12.1 Å². The van der Waals surface area contributed by atoms with Gasteiger partial charge in [0.15, 0.2) is 0 Å². The van der Waals surface area contributed by atoms with Crippen LogP contribution in [0.2, 0.25) is 10.0 Å². The van der Waals surface area contributed by atoms with Crippen LogP contribution in [-0.2, 0) is 0 Å². The second-order valence-corrected chi connectivity index (χ2v) is 6.48. The normalized spacial score (nSPS) is 23.0. The molecule has 0 saturated carbocycles. The fourth-order valence-corrected chi connectivity index (χ4v) is 3.59. The molecule has 1 N–H and O–H groups in total. The molecule has 114 valence electrons. The molecule has 0 spiro atoms. The molecule has 1 amide bonds. The van der Waals surface area contributed by atoms with Gasteiger partial charge in [0.2, 0.25) is 0 Å². The van der Waals surface area contributed by atoms with Crippen molar-refractivity contribution < 1.29 is 9.90 Å². The Kier molecular flexibility index (Phi) is 4.29. The van der Waals surface area contributed by atoms with Gasteiger partial charge < -0.3 is 10.0 Å². The number of amides is 1. The minimum Gasteiger partial charge on any atom is -0.505 e. The Labute approximate surface area is 134 Å². The molecule has 0 aliphatic carbocycles. The van der Waals surface area contributed by atoms with Gasteiger partial charge in [0.05, 0.1) is 10.6 Å². The third-order valence-corrected chi connectivity index (χ3v) is 5.18. The van der Waals surface area contributed by atoms with E-state index < -0.39 is 0 Å². The molecule has 2 fully saturated rings. The number of nitrogens with zero attached hydrogens (tertiary/aromatic N) is 2. The second kappa shape index (κ2) is 6.03. The lowest BCUT2D eigenvalue weighted by Crippen LogP contribution is -2.39. The molecule has 2 heterocycles. The van der Waals surface area contributed by atoms with Crippen molar-refractivity contribution in [3.63, 3.8) is 0 Å². The Hall–Kier alpha value is -0.970. The van der Waals surface area contributed by atoms with E-state index in [0.717, 1.165) is 32.5 Å². The fourth-order valence-electron chi connectivity index (χ4n) is 3.27. The number of rotatable bonds is 1. The highest BCUT2D eigenvalue weighted by Gasteiger charge is 2.31. The highest BCUT2D eigenvalue weighted by Crippen LogP contribution is 2.35. The van der Waals surface area contributed by atoms with Crippen LogP contribution in [0, 0.1) is 0 Å². The Bertz CT molecular complexity index is 565. The number of fused-ring (bicyclic) bond motifs is 1. The van der Waals surface area contributed by atoms with Crippen molar-refractivity contribution >= 4 is 29.1 Å². The van der Waals surface area contributed by atoms with Gasteiger partial charge in [0, 0.05) is 25.7 Å². The van der Waals surface area contributed by atoms with Crippen molar-refractivity contribution in [2.45, 2.75) is 25.3 Å². The van der Waals surface area contributed by atoms with E-state index in [0.29, 0.717) is 12.6 Å². The lowest BCUT2D eigenvalue weighted by atomic mass is 10.1. The van der Waals surface area contributed by atoms with Crippen LogP contribution in [0.15, 0.2) is 12.1 Å². The van der Waals surface area contributed by atoms with Crippen molar-refractivity contribution in [2.75, 3.05) is 26.2 Å². The summed E-state index contributed by atoms with van der Waals surface area (Å²) in [5.74, 6) is -0.387. The van der Waals surface area contributed by atoms with E-state index in [-0.39, 0.29) is 27.3 Å².